The minimum atomic E-state index is 0.692. The van der Waals surface area contributed by atoms with Crippen molar-refractivity contribution in [2.75, 3.05) is 0 Å². The summed E-state index contributed by atoms with van der Waals surface area (Å²) in [5.74, 6) is 0. The maximum absolute atomic E-state index is 2.39. The Morgan fingerprint density at radius 1 is 0.526 bits per heavy atom. The van der Waals surface area contributed by atoms with E-state index in [-0.39, 0.29) is 0 Å². The topological polar surface area (TPSA) is 0 Å². The molecule has 0 aromatic heterocycles. The van der Waals surface area contributed by atoms with Gasteiger partial charge in [0.15, 0.2) is 0 Å². The van der Waals surface area contributed by atoms with Gasteiger partial charge in [-0.15, -0.1) is 0 Å². The summed E-state index contributed by atoms with van der Waals surface area (Å²) in [6.45, 7) is 17.4. The van der Waals surface area contributed by atoms with E-state index in [1.807, 2.05) is 27.7 Å². The SMILES string of the molecule is CC.CC.CCCCCCC(CC)(CCC)CCC. The van der Waals surface area contributed by atoms with Gasteiger partial charge in [0.1, 0.15) is 0 Å². The van der Waals surface area contributed by atoms with E-state index >= 15 is 0 Å². The van der Waals surface area contributed by atoms with Crippen molar-refractivity contribution in [3.63, 3.8) is 0 Å². The molecule has 0 bridgehead atoms. The van der Waals surface area contributed by atoms with Crippen LogP contribution in [0.15, 0.2) is 0 Å². The van der Waals surface area contributed by atoms with Crippen LogP contribution in [-0.2, 0) is 0 Å². The van der Waals surface area contributed by atoms with E-state index in [0.29, 0.717) is 5.41 Å². The summed E-state index contributed by atoms with van der Waals surface area (Å²) in [4.78, 5) is 0. The molecule has 0 aromatic rings. The van der Waals surface area contributed by atoms with Crippen molar-refractivity contribution < 1.29 is 0 Å². The number of rotatable bonds is 10. The van der Waals surface area contributed by atoms with Gasteiger partial charge >= 0.3 is 0 Å². The molecule has 0 nitrogen and oxygen atoms in total. The first-order valence-corrected chi connectivity index (χ1v) is 9.24. The second kappa shape index (κ2) is 20.3. The third-order valence-electron chi connectivity index (χ3n) is 3.87. The van der Waals surface area contributed by atoms with Gasteiger partial charge in [-0.2, -0.15) is 0 Å². The second-order valence-corrected chi connectivity index (χ2v) is 5.16. The highest BCUT2D eigenvalue weighted by Crippen LogP contribution is 2.38. The highest BCUT2D eigenvalue weighted by atomic mass is 14.3. The lowest BCUT2D eigenvalue weighted by Crippen LogP contribution is -2.19. The van der Waals surface area contributed by atoms with Gasteiger partial charge in [-0.1, -0.05) is 100 Å². The Kier molecular flexibility index (Phi) is 25.7. The van der Waals surface area contributed by atoms with E-state index in [9.17, 15) is 0 Å². The van der Waals surface area contributed by atoms with Crippen LogP contribution in [0.1, 0.15) is 120 Å². The summed E-state index contributed by atoms with van der Waals surface area (Å²) in [5, 5.41) is 0. The summed E-state index contributed by atoms with van der Waals surface area (Å²) in [6, 6.07) is 0. The van der Waals surface area contributed by atoms with Crippen molar-refractivity contribution in [3.8, 4) is 0 Å². The zero-order chi connectivity index (χ0) is 15.6. The first kappa shape index (κ1) is 24.0. The van der Waals surface area contributed by atoms with Gasteiger partial charge in [-0.3, -0.25) is 0 Å². The molecule has 0 amide bonds. The Hall–Kier alpha value is 0. The zero-order valence-corrected chi connectivity index (χ0v) is 15.6. The molecule has 0 fully saturated rings. The highest BCUT2D eigenvalue weighted by molar-refractivity contribution is 4.77. The third kappa shape index (κ3) is 14.2. The summed E-state index contributed by atoms with van der Waals surface area (Å²) in [7, 11) is 0. The van der Waals surface area contributed by atoms with Gasteiger partial charge in [-0.05, 0) is 24.7 Å². The lowest BCUT2D eigenvalue weighted by atomic mass is 9.73. The molecule has 0 atom stereocenters. The minimum Gasteiger partial charge on any atom is -0.0683 e. The van der Waals surface area contributed by atoms with Crippen LogP contribution in [0.4, 0.5) is 0 Å². The molecule has 0 aromatic carbocycles. The predicted octanol–water partition coefficient (Wildman–Crippen LogP) is 8.01. The molecule has 0 unspecified atom stereocenters. The molecule has 0 aliphatic heterocycles. The lowest BCUT2D eigenvalue weighted by molar-refractivity contribution is 0.196. The average Bonchev–Trinajstić information content (AvgIpc) is 2.48. The Labute approximate surface area is 125 Å². The van der Waals surface area contributed by atoms with Crippen LogP contribution in [0.2, 0.25) is 0 Å². The van der Waals surface area contributed by atoms with Gasteiger partial charge in [0.2, 0.25) is 0 Å². The molecule has 0 N–H and O–H groups in total. The Morgan fingerprint density at radius 2 is 1.00 bits per heavy atom. The van der Waals surface area contributed by atoms with Crippen molar-refractivity contribution >= 4 is 0 Å². The van der Waals surface area contributed by atoms with Crippen LogP contribution in [0.5, 0.6) is 0 Å². The Balaban J connectivity index is -0.000000579. The van der Waals surface area contributed by atoms with E-state index < -0.39 is 0 Å². The van der Waals surface area contributed by atoms with E-state index in [1.165, 1.54) is 64.2 Å². The molecule has 0 rings (SSSR count). The van der Waals surface area contributed by atoms with Crippen LogP contribution < -0.4 is 0 Å². The highest BCUT2D eigenvalue weighted by Gasteiger charge is 2.25. The normalized spacial score (nSPS) is 10.1. The van der Waals surface area contributed by atoms with E-state index in [2.05, 4.69) is 27.7 Å². The largest absolute Gasteiger partial charge is 0.0683 e. The lowest BCUT2D eigenvalue weighted by Gasteiger charge is -2.32. The predicted molar refractivity (Wildman–Crippen MR) is 94.0 cm³/mol. The molecule has 0 aliphatic rings. The second-order valence-electron chi connectivity index (χ2n) is 5.16. The van der Waals surface area contributed by atoms with Crippen molar-refractivity contribution in [1.82, 2.24) is 0 Å². The molecule has 0 heterocycles. The van der Waals surface area contributed by atoms with Gasteiger partial charge < -0.3 is 0 Å². The molecular formula is C19H44. The zero-order valence-electron chi connectivity index (χ0n) is 15.6. The Bertz CT molecular complexity index is 120. The van der Waals surface area contributed by atoms with Gasteiger partial charge in [0.05, 0.1) is 0 Å². The van der Waals surface area contributed by atoms with Crippen LogP contribution in [0.25, 0.3) is 0 Å². The maximum Gasteiger partial charge on any atom is -0.0300 e. The molecular weight excluding hydrogens is 228 g/mol. The summed E-state index contributed by atoms with van der Waals surface area (Å²) in [6.07, 6.45) is 14.2. The molecule has 0 heteroatoms. The fourth-order valence-corrected chi connectivity index (χ4v) is 2.89. The monoisotopic (exact) mass is 272 g/mol. The van der Waals surface area contributed by atoms with Crippen molar-refractivity contribution in [3.05, 3.63) is 0 Å². The van der Waals surface area contributed by atoms with Crippen LogP contribution >= 0.6 is 0 Å². The molecule has 120 valence electrons. The maximum atomic E-state index is 2.39. The quantitative estimate of drug-likeness (QED) is 0.353. The summed E-state index contributed by atoms with van der Waals surface area (Å²) < 4.78 is 0. The van der Waals surface area contributed by atoms with Crippen LogP contribution in [0, 0.1) is 5.41 Å². The van der Waals surface area contributed by atoms with Gasteiger partial charge in [-0.25, -0.2) is 0 Å². The average molecular weight is 273 g/mol. The number of hydrogen-bond donors (Lipinski definition) is 0. The minimum absolute atomic E-state index is 0.692. The first-order valence-electron chi connectivity index (χ1n) is 9.24. The fraction of sp³-hybridized carbons (Fsp3) is 1.00. The molecule has 0 saturated heterocycles. The smallest absolute Gasteiger partial charge is 0.0300 e. The van der Waals surface area contributed by atoms with Crippen LogP contribution in [0.3, 0.4) is 0 Å². The first-order chi connectivity index (χ1) is 9.24. The molecule has 0 spiro atoms. The van der Waals surface area contributed by atoms with Crippen molar-refractivity contribution in [2.24, 2.45) is 5.41 Å². The Morgan fingerprint density at radius 3 is 1.32 bits per heavy atom. The van der Waals surface area contributed by atoms with Gasteiger partial charge in [0.25, 0.3) is 0 Å². The molecule has 0 radical (unpaired) electrons. The standard InChI is InChI=1S/C15H32.2C2H6/c1-5-9-10-11-14-15(8-4,12-6-2)13-7-3;2*1-2/h5-14H2,1-4H3;2*1-2H3. The van der Waals surface area contributed by atoms with Gasteiger partial charge in [0, 0.05) is 0 Å². The fourth-order valence-electron chi connectivity index (χ4n) is 2.89. The van der Waals surface area contributed by atoms with E-state index in [1.54, 1.807) is 0 Å². The van der Waals surface area contributed by atoms with E-state index in [0.717, 1.165) is 0 Å². The number of unbranched alkanes of at least 4 members (excludes halogenated alkanes) is 3. The van der Waals surface area contributed by atoms with Crippen LogP contribution in [-0.4, -0.2) is 0 Å². The van der Waals surface area contributed by atoms with Crippen molar-refractivity contribution in [1.29, 1.82) is 0 Å². The van der Waals surface area contributed by atoms with Crippen molar-refractivity contribution in [2.45, 2.75) is 120 Å². The molecule has 0 aliphatic carbocycles. The number of hydrogen-bond acceptors (Lipinski definition) is 0. The molecule has 19 heavy (non-hydrogen) atoms. The van der Waals surface area contributed by atoms with E-state index in [4.69, 9.17) is 0 Å². The summed E-state index contributed by atoms with van der Waals surface area (Å²) in [5.41, 5.74) is 0.692. The molecule has 0 saturated carbocycles. The summed E-state index contributed by atoms with van der Waals surface area (Å²) >= 11 is 0. The third-order valence-corrected chi connectivity index (χ3v) is 3.87.